The lowest BCUT2D eigenvalue weighted by Gasteiger charge is -2.37. The summed E-state index contributed by atoms with van der Waals surface area (Å²) in [4.78, 5) is 9.45. The van der Waals surface area contributed by atoms with Gasteiger partial charge in [-0.05, 0) is 24.3 Å². The average molecular weight is 386 g/mol. The van der Waals surface area contributed by atoms with E-state index in [1.165, 1.54) is 10.4 Å². The highest BCUT2D eigenvalue weighted by Crippen LogP contribution is 2.26. The fraction of sp³-hybridized carbons (Fsp3) is 0.263. The summed E-state index contributed by atoms with van der Waals surface area (Å²) in [6.07, 6.45) is 0. The van der Waals surface area contributed by atoms with Gasteiger partial charge in [-0.1, -0.05) is 54.3 Å². The standard InChI is InChI=1S/C19H19N3S3/c23-19(24-14-18-20-16-8-4-5-9-17(16)25-18)22-12-10-21(11-13-22)15-6-2-1-3-7-15/h1-9H,10-14H2. The van der Waals surface area contributed by atoms with Crippen LogP contribution in [0.1, 0.15) is 5.01 Å². The second kappa shape index (κ2) is 7.72. The first-order valence-corrected chi connectivity index (χ1v) is 10.6. The Morgan fingerprint density at radius 2 is 1.72 bits per heavy atom. The zero-order valence-electron chi connectivity index (χ0n) is 13.8. The number of para-hydroxylation sites is 2. The van der Waals surface area contributed by atoms with Crippen LogP contribution in [0.2, 0.25) is 0 Å². The molecule has 0 N–H and O–H groups in total. The minimum absolute atomic E-state index is 0.858. The van der Waals surface area contributed by atoms with Crippen LogP contribution in [0, 0.1) is 0 Å². The van der Waals surface area contributed by atoms with Crippen LogP contribution in [0.15, 0.2) is 54.6 Å². The largest absolute Gasteiger partial charge is 0.368 e. The maximum absolute atomic E-state index is 5.66. The molecule has 0 unspecified atom stereocenters. The van der Waals surface area contributed by atoms with E-state index in [-0.39, 0.29) is 0 Å². The molecule has 0 atom stereocenters. The van der Waals surface area contributed by atoms with Crippen molar-refractivity contribution in [1.82, 2.24) is 9.88 Å². The number of thiazole rings is 1. The number of hydrogen-bond acceptors (Lipinski definition) is 5. The predicted octanol–water partition coefficient (Wildman–Crippen LogP) is 4.64. The van der Waals surface area contributed by atoms with Crippen LogP contribution in [0.25, 0.3) is 10.2 Å². The smallest absolute Gasteiger partial charge is 0.136 e. The van der Waals surface area contributed by atoms with Gasteiger partial charge in [0.25, 0.3) is 0 Å². The van der Waals surface area contributed by atoms with Crippen molar-refractivity contribution < 1.29 is 0 Å². The summed E-state index contributed by atoms with van der Waals surface area (Å²) >= 11 is 9.16. The molecule has 0 radical (unpaired) electrons. The van der Waals surface area contributed by atoms with E-state index in [0.29, 0.717) is 0 Å². The van der Waals surface area contributed by atoms with Crippen molar-refractivity contribution in [3.8, 4) is 0 Å². The number of piperazine rings is 1. The van der Waals surface area contributed by atoms with E-state index in [0.717, 1.165) is 46.8 Å². The van der Waals surface area contributed by atoms with Crippen LogP contribution in [0.5, 0.6) is 0 Å². The van der Waals surface area contributed by atoms with Crippen molar-refractivity contribution in [1.29, 1.82) is 0 Å². The Balaban J connectivity index is 1.30. The van der Waals surface area contributed by atoms with Crippen molar-refractivity contribution in [3.63, 3.8) is 0 Å². The van der Waals surface area contributed by atoms with E-state index < -0.39 is 0 Å². The van der Waals surface area contributed by atoms with Gasteiger partial charge in [0.15, 0.2) is 0 Å². The molecule has 1 aliphatic heterocycles. The molecule has 0 aliphatic carbocycles. The van der Waals surface area contributed by atoms with Gasteiger partial charge in [-0.3, -0.25) is 0 Å². The molecule has 0 amide bonds. The van der Waals surface area contributed by atoms with Gasteiger partial charge in [-0.25, -0.2) is 4.98 Å². The molecular weight excluding hydrogens is 366 g/mol. The van der Waals surface area contributed by atoms with Crippen LogP contribution in [0.4, 0.5) is 5.69 Å². The zero-order chi connectivity index (χ0) is 17.1. The van der Waals surface area contributed by atoms with E-state index >= 15 is 0 Å². The molecule has 128 valence electrons. The van der Waals surface area contributed by atoms with E-state index in [2.05, 4.69) is 58.3 Å². The molecule has 0 bridgehead atoms. The molecular formula is C19H19N3S3. The lowest BCUT2D eigenvalue weighted by Crippen LogP contribution is -2.47. The first-order chi connectivity index (χ1) is 12.3. The highest BCUT2D eigenvalue weighted by atomic mass is 32.2. The van der Waals surface area contributed by atoms with Gasteiger partial charge >= 0.3 is 0 Å². The summed E-state index contributed by atoms with van der Waals surface area (Å²) in [5.41, 5.74) is 2.39. The number of fused-ring (bicyclic) bond motifs is 1. The van der Waals surface area contributed by atoms with E-state index in [1.807, 2.05) is 6.07 Å². The molecule has 1 aliphatic rings. The third-order valence-electron chi connectivity index (χ3n) is 4.32. The van der Waals surface area contributed by atoms with Crippen molar-refractivity contribution in [3.05, 3.63) is 59.6 Å². The van der Waals surface area contributed by atoms with Gasteiger partial charge in [0, 0.05) is 31.9 Å². The van der Waals surface area contributed by atoms with Gasteiger partial charge in [-0.2, -0.15) is 0 Å². The normalized spacial score (nSPS) is 14.9. The summed E-state index contributed by atoms with van der Waals surface area (Å²) in [7, 11) is 0. The van der Waals surface area contributed by atoms with Gasteiger partial charge in [-0.15, -0.1) is 11.3 Å². The van der Waals surface area contributed by atoms with Crippen molar-refractivity contribution >= 4 is 55.5 Å². The molecule has 0 saturated carbocycles. The van der Waals surface area contributed by atoms with Crippen LogP contribution in [0.3, 0.4) is 0 Å². The van der Waals surface area contributed by atoms with Crippen molar-refractivity contribution in [2.24, 2.45) is 0 Å². The van der Waals surface area contributed by atoms with Gasteiger partial charge in [0.05, 0.1) is 16.0 Å². The highest BCUT2D eigenvalue weighted by molar-refractivity contribution is 8.22. The Hall–Kier alpha value is -1.63. The zero-order valence-corrected chi connectivity index (χ0v) is 16.2. The predicted molar refractivity (Wildman–Crippen MR) is 114 cm³/mol. The van der Waals surface area contributed by atoms with E-state index in [1.54, 1.807) is 23.1 Å². The minimum Gasteiger partial charge on any atom is -0.368 e. The molecule has 3 aromatic rings. The van der Waals surface area contributed by atoms with Crippen LogP contribution >= 0.6 is 35.3 Å². The van der Waals surface area contributed by atoms with Crippen molar-refractivity contribution in [2.45, 2.75) is 5.75 Å². The molecule has 25 heavy (non-hydrogen) atoms. The molecule has 1 fully saturated rings. The monoisotopic (exact) mass is 385 g/mol. The quantitative estimate of drug-likeness (QED) is 0.610. The number of anilines is 1. The Bertz CT molecular complexity index is 821. The molecule has 1 aromatic heterocycles. The van der Waals surface area contributed by atoms with Crippen LogP contribution in [-0.2, 0) is 5.75 Å². The molecule has 2 aromatic carbocycles. The Morgan fingerprint density at radius 3 is 2.48 bits per heavy atom. The highest BCUT2D eigenvalue weighted by Gasteiger charge is 2.19. The second-order valence-electron chi connectivity index (χ2n) is 5.94. The molecule has 6 heteroatoms. The first-order valence-electron chi connectivity index (χ1n) is 8.36. The third kappa shape index (κ3) is 3.97. The molecule has 4 rings (SSSR count). The van der Waals surface area contributed by atoms with Gasteiger partial charge < -0.3 is 9.80 Å². The Morgan fingerprint density at radius 1 is 1.00 bits per heavy atom. The molecule has 1 saturated heterocycles. The number of thioether (sulfide) groups is 1. The van der Waals surface area contributed by atoms with E-state index in [9.17, 15) is 0 Å². The van der Waals surface area contributed by atoms with Gasteiger partial charge in [0.2, 0.25) is 0 Å². The summed E-state index contributed by atoms with van der Waals surface area (Å²) in [5, 5.41) is 1.15. The SMILES string of the molecule is S=C(SCc1nc2ccccc2s1)N1CCN(c2ccccc2)CC1. The van der Waals surface area contributed by atoms with Crippen LogP contribution in [-0.4, -0.2) is 40.4 Å². The number of benzene rings is 2. The maximum atomic E-state index is 5.66. The second-order valence-corrected chi connectivity index (χ2v) is 8.66. The number of rotatable bonds is 3. The average Bonchev–Trinajstić information content (AvgIpc) is 3.10. The lowest BCUT2D eigenvalue weighted by molar-refractivity contribution is 0.397. The fourth-order valence-electron chi connectivity index (χ4n) is 2.98. The Kier molecular flexibility index (Phi) is 5.20. The summed E-state index contributed by atoms with van der Waals surface area (Å²) in [6.45, 7) is 4.01. The number of thiocarbonyl (C=S) groups is 1. The summed E-state index contributed by atoms with van der Waals surface area (Å²) < 4.78 is 2.24. The number of hydrogen-bond donors (Lipinski definition) is 0. The lowest BCUT2D eigenvalue weighted by atomic mass is 10.2. The molecule has 0 spiro atoms. The van der Waals surface area contributed by atoms with E-state index in [4.69, 9.17) is 17.2 Å². The maximum Gasteiger partial charge on any atom is 0.136 e. The minimum atomic E-state index is 0.858. The summed E-state index contributed by atoms with van der Waals surface area (Å²) in [6, 6.07) is 18.9. The molecule has 2 heterocycles. The van der Waals surface area contributed by atoms with Crippen molar-refractivity contribution in [2.75, 3.05) is 31.1 Å². The Labute approximate surface area is 161 Å². The summed E-state index contributed by atoms with van der Waals surface area (Å²) in [5.74, 6) is 0.858. The number of aromatic nitrogens is 1. The van der Waals surface area contributed by atoms with Crippen LogP contribution < -0.4 is 4.90 Å². The van der Waals surface area contributed by atoms with Gasteiger partial charge in [0.1, 0.15) is 9.33 Å². The fourth-order valence-corrected chi connectivity index (χ4v) is 5.19. The molecule has 3 nitrogen and oxygen atoms in total. The topological polar surface area (TPSA) is 19.4 Å². The number of nitrogens with zero attached hydrogens (tertiary/aromatic N) is 3. The first kappa shape index (κ1) is 16.8. The third-order valence-corrected chi connectivity index (χ3v) is 7.07.